The fourth-order valence-corrected chi connectivity index (χ4v) is 4.85. The summed E-state index contributed by atoms with van der Waals surface area (Å²) in [5.74, 6) is 0.0962. The molecule has 33 heavy (non-hydrogen) atoms. The first-order valence-corrected chi connectivity index (χ1v) is 12.0. The van der Waals surface area contributed by atoms with Crippen molar-refractivity contribution in [3.8, 4) is 5.75 Å². The Morgan fingerprint density at radius 3 is 2.27 bits per heavy atom. The minimum atomic E-state index is -4.23. The molecule has 0 unspecified atom stereocenters. The number of halogens is 4. The van der Waals surface area contributed by atoms with E-state index in [0.717, 1.165) is 25.2 Å². The van der Waals surface area contributed by atoms with Crippen LogP contribution in [0.5, 0.6) is 5.75 Å². The average molecular weight is 584 g/mol. The van der Waals surface area contributed by atoms with Crippen molar-refractivity contribution < 1.29 is 27.8 Å². The Hall–Kier alpha value is -2.46. The van der Waals surface area contributed by atoms with E-state index in [1.54, 1.807) is 36.0 Å². The Balaban J connectivity index is 1.77. The van der Waals surface area contributed by atoms with E-state index in [2.05, 4.69) is 28.7 Å². The quantitative estimate of drug-likeness (QED) is 0.216. The highest BCUT2D eigenvalue weighted by Crippen LogP contribution is 2.31. The van der Waals surface area contributed by atoms with Gasteiger partial charge in [0.15, 0.2) is 6.61 Å². The molecule has 3 aromatic rings. The SMILES string of the molecule is O=C(O)COc1ccc(SCC=C(c2ccccc2)c2ccc(CC(F)(F)F)cc2)c(I)c1. The first-order valence-electron chi connectivity index (χ1n) is 9.90. The number of carbonyl (C=O) groups is 1. The second-order valence-electron chi connectivity index (χ2n) is 7.06. The van der Waals surface area contributed by atoms with Gasteiger partial charge >= 0.3 is 12.1 Å². The van der Waals surface area contributed by atoms with Crippen molar-refractivity contribution in [2.75, 3.05) is 12.4 Å². The second kappa shape index (κ2) is 11.6. The summed E-state index contributed by atoms with van der Waals surface area (Å²) < 4.78 is 44.2. The summed E-state index contributed by atoms with van der Waals surface area (Å²) in [6, 6.07) is 21.6. The van der Waals surface area contributed by atoms with Gasteiger partial charge in [-0.25, -0.2) is 4.79 Å². The van der Waals surface area contributed by atoms with Crippen LogP contribution in [0.15, 0.2) is 83.8 Å². The third-order valence-electron chi connectivity index (χ3n) is 4.55. The summed E-state index contributed by atoms with van der Waals surface area (Å²) in [6.45, 7) is -0.395. The van der Waals surface area contributed by atoms with Crippen molar-refractivity contribution in [2.45, 2.75) is 17.5 Å². The van der Waals surface area contributed by atoms with Crippen LogP contribution < -0.4 is 4.74 Å². The van der Waals surface area contributed by atoms with E-state index in [4.69, 9.17) is 9.84 Å². The molecular weight excluding hydrogens is 564 g/mol. The average Bonchev–Trinajstić information content (AvgIpc) is 2.77. The predicted octanol–water partition coefficient (Wildman–Crippen LogP) is 7.08. The van der Waals surface area contributed by atoms with Crippen molar-refractivity contribution in [3.05, 3.63) is 99.1 Å². The topological polar surface area (TPSA) is 46.5 Å². The third-order valence-corrected chi connectivity index (χ3v) is 6.81. The van der Waals surface area contributed by atoms with Crippen LogP contribution in [0, 0.1) is 3.57 Å². The van der Waals surface area contributed by atoms with Gasteiger partial charge in [-0.05, 0) is 63.1 Å². The molecule has 0 fully saturated rings. The van der Waals surface area contributed by atoms with Crippen molar-refractivity contribution >= 4 is 45.9 Å². The zero-order valence-electron chi connectivity index (χ0n) is 17.3. The molecule has 0 atom stereocenters. The molecule has 172 valence electrons. The molecule has 0 aliphatic carbocycles. The van der Waals surface area contributed by atoms with E-state index < -0.39 is 25.2 Å². The summed E-state index contributed by atoms with van der Waals surface area (Å²) in [4.78, 5) is 11.7. The Labute approximate surface area is 207 Å². The van der Waals surface area contributed by atoms with Gasteiger partial charge in [-0.2, -0.15) is 13.2 Å². The molecule has 3 aromatic carbocycles. The molecule has 0 amide bonds. The third kappa shape index (κ3) is 8.12. The van der Waals surface area contributed by atoms with Gasteiger partial charge in [0, 0.05) is 14.2 Å². The van der Waals surface area contributed by atoms with Crippen LogP contribution in [0.1, 0.15) is 16.7 Å². The predicted molar refractivity (Wildman–Crippen MR) is 133 cm³/mol. The maximum Gasteiger partial charge on any atom is 0.393 e. The first-order chi connectivity index (χ1) is 15.7. The number of hydrogen-bond acceptors (Lipinski definition) is 3. The smallest absolute Gasteiger partial charge is 0.393 e. The zero-order chi connectivity index (χ0) is 23.8. The molecule has 3 nitrogen and oxygen atoms in total. The van der Waals surface area contributed by atoms with Crippen LogP contribution in [-0.4, -0.2) is 29.6 Å². The van der Waals surface area contributed by atoms with E-state index in [9.17, 15) is 18.0 Å². The van der Waals surface area contributed by atoms with Crippen molar-refractivity contribution in [1.82, 2.24) is 0 Å². The number of hydrogen-bond donors (Lipinski definition) is 1. The highest BCUT2D eigenvalue weighted by Gasteiger charge is 2.27. The zero-order valence-corrected chi connectivity index (χ0v) is 20.3. The summed E-state index contributed by atoms with van der Waals surface area (Å²) in [6.07, 6.45) is -3.12. The van der Waals surface area contributed by atoms with Crippen LogP contribution in [0.2, 0.25) is 0 Å². The number of benzene rings is 3. The largest absolute Gasteiger partial charge is 0.482 e. The van der Waals surface area contributed by atoms with Crippen molar-refractivity contribution in [1.29, 1.82) is 0 Å². The summed E-state index contributed by atoms with van der Waals surface area (Å²) in [5.41, 5.74) is 3.00. The number of alkyl halides is 3. The van der Waals surface area contributed by atoms with Gasteiger partial charge in [-0.15, -0.1) is 11.8 Å². The van der Waals surface area contributed by atoms with E-state index in [1.807, 2.05) is 36.4 Å². The lowest BCUT2D eigenvalue weighted by molar-refractivity contribution is -0.139. The maximum atomic E-state index is 12.7. The Kier molecular flexibility index (Phi) is 8.85. The molecule has 0 aromatic heterocycles. The minimum absolute atomic E-state index is 0.229. The highest BCUT2D eigenvalue weighted by atomic mass is 127. The normalized spacial score (nSPS) is 11.9. The molecular formula is C25H20F3IO3S. The molecule has 0 radical (unpaired) electrons. The molecule has 0 aliphatic heterocycles. The molecule has 0 saturated heterocycles. The van der Waals surface area contributed by atoms with Crippen molar-refractivity contribution in [2.24, 2.45) is 0 Å². The van der Waals surface area contributed by atoms with Gasteiger partial charge in [0.05, 0.1) is 6.42 Å². The van der Waals surface area contributed by atoms with Gasteiger partial charge in [0.25, 0.3) is 0 Å². The minimum Gasteiger partial charge on any atom is -0.482 e. The molecule has 0 aliphatic rings. The lowest BCUT2D eigenvalue weighted by Gasteiger charge is -2.12. The Bertz CT molecular complexity index is 1110. The first kappa shape index (κ1) is 25.2. The lowest BCUT2D eigenvalue weighted by atomic mass is 9.96. The van der Waals surface area contributed by atoms with Crippen LogP contribution >= 0.6 is 34.4 Å². The highest BCUT2D eigenvalue weighted by molar-refractivity contribution is 14.1. The number of carboxylic acid groups (broad SMARTS) is 1. The molecule has 8 heteroatoms. The molecule has 1 N–H and O–H groups in total. The van der Waals surface area contributed by atoms with Gasteiger partial charge in [0.1, 0.15) is 5.75 Å². The molecule has 3 rings (SSSR count). The lowest BCUT2D eigenvalue weighted by Crippen LogP contribution is -2.11. The summed E-state index contributed by atoms with van der Waals surface area (Å²) >= 11 is 3.78. The number of ether oxygens (including phenoxy) is 1. The number of aliphatic carboxylic acids is 1. The van der Waals surface area contributed by atoms with Crippen LogP contribution in [-0.2, 0) is 11.2 Å². The van der Waals surface area contributed by atoms with E-state index in [-0.39, 0.29) is 5.56 Å². The van der Waals surface area contributed by atoms with E-state index >= 15 is 0 Å². The Morgan fingerprint density at radius 2 is 1.67 bits per heavy atom. The fourth-order valence-electron chi connectivity index (χ4n) is 3.10. The second-order valence-corrected chi connectivity index (χ2v) is 9.28. The van der Waals surface area contributed by atoms with Gasteiger partial charge in [-0.1, -0.05) is 60.7 Å². The van der Waals surface area contributed by atoms with Crippen LogP contribution in [0.4, 0.5) is 13.2 Å². The molecule has 0 saturated carbocycles. The maximum absolute atomic E-state index is 12.7. The molecule has 0 heterocycles. The van der Waals surface area contributed by atoms with Crippen LogP contribution in [0.3, 0.4) is 0 Å². The monoisotopic (exact) mass is 584 g/mol. The van der Waals surface area contributed by atoms with E-state index in [0.29, 0.717) is 11.5 Å². The summed E-state index contributed by atoms with van der Waals surface area (Å²) in [7, 11) is 0. The van der Waals surface area contributed by atoms with Gasteiger partial charge in [0.2, 0.25) is 0 Å². The number of carboxylic acids is 1. The standard InChI is InChI=1S/C25H20F3IO3S/c26-25(27,28)15-17-6-8-19(9-7-17)21(18-4-2-1-3-5-18)12-13-33-23-11-10-20(14-22(23)29)32-16-24(30)31/h1-12,14H,13,15-16H2,(H,30,31). The number of rotatable bonds is 9. The molecule has 0 spiro atoms. The van der Waals surface area contributed by atoms with Gasteiger partial charge in [-0.3, -0.25) is 0 Å². The number of thioether (sulfide) groups is 1. The van der Waals surface area contributed by atoms with Crippen LogP contribution in [0.25, 0.3) is 5.57 Å². The van der Waals surface area contributed by atoms with E-state index in [1.165, 1.54) is 12.1 Å². The van der Waals surface area contributed by atoms with Crippen molar-refractivity contribution in [3.63, 3.8) is 0 Å². The van der Waals surface area contributed by atoms with Gasteiger partial charge < -0.3 is 9.84 Å². The molecule has 0 bridgehead atoms. The summed E-state index contributed by atoms with van der Waals surface area (Å²) in [5, 5.41) is 8.73. The fraction of sp³-hybridized carbons (Fsp3) is 0.160. The Morgan fingerprint density at radius 1 is 1.00 bits per heavy atom.